The number of rotatable bonds is 3. The van der Waals surface area contributed by atoms with E-state index in [1.54, 1.807) is 25.1 Å². The summed E-state index contributed by atoms with van der Waals surface area (Å²) in [4.78, 5) is 22.3. The lowest BCUT2D eigenvalue weighted by Gasteiger charge is -2.03. The van der Waals surface area contributed by atoms with Crippen LogP contribution in [0.3, 0.4) is 0 Å². The van der Waals surface area contributed by atoms with Crippen LogP contribution in [-0.2, 0) is 9.53 Å². The van der Waals surface area contributed by atoms with Crippen LogP contribution in [0.4, 0.5) is 0 Å². The van der Waals surface area contributed by atoms with Crippen molar-refractivity contribution in [2.75, 3.05) is 0 Å². The summed E-state index contributed by atoms with van der Waals surface area (Å²) in [5.74, 6) is -0.340. The Morgan fingerprint density at radius 3 is 2.56 bits per heavy atom. The zero-order valence-corrected chi connectivity index (χ0v) is 10.6. The van der Waals surface area contributed by atoms with Gasteiger partial charge < -0.3 is 4.74 Å². The van der Waals surface area contributed by atoms with Gasteiger partial charge in [0.05, 0.1) is 5.56 Å². The van der Waals surface area contributed by atoms with Crippen molar-refractivity contribution in [3.8, 4) is 0 Å². The second-order valence-electron chi connectivity index (χ2n) is 3.27. The molecule has 1 rings (SSSR count). The topological polar surface area (TPSA) is 43.4 Å². The molecule has 1 aromatic rings. The molecule has 0 unspecified atom stereocenters. The summed E-state index contributed by atoms with van der Waals surface area (Å²) in [7, 11) is 0. The number of allylic oxidation sites excluding steroid dienone is 2. The van der Waals surface area contributed by atoms with Gasteiger partial charge in [-0.05, 0) is 32.0 Å². The summed E-state index contributed by atoms with van der Waals surface area (Å²) >= 11 is 3.26. The molecule has 16 heavy (non-hydrogen) atoms. The molecule has 3 nitrogen and oxygen atoms in total. The maximum atomic E-state index is 11.6. The van der Waals surface area contributed by atoms with E-state index < -0.39 is 5.97 Å². The highest BCUT2D eigenvalue weighted by Gasteiger charge is 2.08. The minimum atomic E-state index is -0.476. The lowest BCUT2D eigenvalue weighted by molar-refractivity contribution is -0.112. The van der Waals surface area contributed by atoms with Crippen LogP contribution in [0.15, 0.2) is 40.6 Å². The van der Waals surface area contributed by atoms with Gasteiger partial charge in [0.15, 0.2) is 5.78 Å². The van der Waals surface area contributed by atoms with E-state index in [1.165, 1.54) is 13.0 Å². The molecule has 0 amide bonds. The van der Waals surface area contributed by atoms with Crippen molar-refractivity contribution < 1.29 is 14.3 Å². The predicted octanol–water partition coefficient (Wildman–Crippen LogP) is 3.10. The first kappa shape index (κ1) is 12.6. The Morgan fingerprint density at radius 1 is 1.31 bits per heavy atom. The van der Waals surface area contributed by atoms with Crippen LogP contribution in [0.5, 0.6) is 0 Å². The zero-order valence-electron chi connectivity index (χ0n) is 8.99. The van der Waals surface area contributed by atoms with E-state index in [0.717, 1.165) is 4.47 Å². The summed E-state index contributed by atoms with van der Waals surface area (Å²) < 4.78 is 5.78. The SMILES string of the molecule is CC(=O)/C=C(\C)OC(=O)c1cccc(Br)c1. The highest BCUT2D eigenvalue weighted by atomic mass is 79.9. The number of carbonyl (C=O) groups is 2. The largest absolute Gasteiger partial charge is 0.428 e. The molecule has 4 heteroatoms. The third-order valence-corrected chi connectivity index (χ3v) is 2.21. The predicted molar refractivity (Wildman–Crippen MR) is 64.0 cm³/mol. The van der Waals surface area contributed by atoms with E-state index in [4.69, 9.17) is 4.74 Å². The lowest BCUT2D eigenvalue weighted by Crippen LogP contribution is -2.04. The molecule has 0 aromatic heterocycles. The lowest BCUT2D eigenvalue weighted by atomic mass is 10.2. The fourth-order valence-corrected chi connectivity index (χ4v) is 1.54. The molecule has 0 radical (unpaired) electrons. The first-order valence-corrected chi connectivity index (χ1v) is 5.45. The van der Waals surface area contributed by atoms with Crippen LogP contribution in [0, 0.1) is 0 Å². The molecule has 1 aromatic carbocycles. The summed E-state index contributed by atoms with van der Waals surface area (Å²) in [6, 6.07) is 6.86. The monoisotopic (exact) mass is 282 g/mol. The van der Waals surface area contributed by atoms with Gasteiger partial charge in [0.1, 0.15) is 5.76 Å². The quantitative estimate of drug-likeness (QED) is 0.486. The van der Waals surface area contributed by atoms with Crippen LogP contribution in [0.25, 0.3) is 0 Å². The van der Waals surface area contributed by atoms with Crippen LogP contribution < -0.4 is 0 Å². The number of hydrogen-bond donors (Lipinski definition) is 0. The molecular weight excluding hydrogens is 272 g/mol. The maximum Gasteiger partial charge on any atom is 0.343 e. The number of ether oxygens (including phenoxy) is 1. The molecular formula is C12H11BrO3. The van der Waals surface area contributed by atoms with E-state index in [9.17, 15) is 9.59 Å². The third-order valence-electron chi connectivity index (χ3n) is 1.72. The fraction of sp³-hybridized carbons (Fsp3) is 0.167. The maximum absolute atomic E-state index is 11.6. The van der Waals surface area contributed by atoms with Crippen molar-refractivity contribution in [1.82, 2.24) is 0 Å². The minimum absolute atomic E-state index is 0.153. The Bertz CT molecular complexity index is 449. The van der Waals surface area contributed by atoms with E-state index in [1.807, 2.05) is 6.07 Å². The van der Waals surface area contributed by atoms with Crippen molar-refractivity contribution in [2.45, 2.75) is 13.8 Å². The number of benzene rings is 1. The van der Waals surface area contributed by atoms with Gasteiger partial charge in [-0.3, -0.25) is 4.79 Å². The third kappa shape index (κ3) is 3.98. The first-order valence-electron chi connectivity index (χ1n) is 4.65. The molecule has 0 atom stereocenters. The van der Waals surface area contributed by atoms with Gasteiger partial charge in [-0.2, -0.15) is 0 Å². The summed E-state index contributed by atoms with van der Waals surface area (Å²) in [6.45, 7) is 2.97. The van der Waals surface area contributed by atoms with Crippen LogP contribution in [0.1, 0.15) is 24.2 Å². The fourth-order valence-electron chi connectivity index (χ4n) is 1.14. The molecule has 0 fully saturated rings. The van der Waals surface area contributed by atoms with E-state index in [2.05, 4.69) is 15.9 Å². The van der Waals surface area contributed by atoms with E-state index in [0.29, 0.717) is 5.56 Å². The first-order chi connectivity index (χ1) is 7.49. The number of halogens is 1. The van der Waals surface area contributed by atoms with E-state index in [-0.39, 0.29) is 11.5 Å². The highest BCUT2D eigenvalue weighted by Crippen LogP contribution is 2.13. The second-order valence-corrected chi connectivity index (χ2v) is 4.18. The Kier molecular flexibility index (Phi) is 4.43. The highest BCUT2D eigenvalue weighted by molar-refractivity contribution is 9.10. The van der Waals surface area contributed by atoms with Gasteiger partial charge in [0, 0.05) is 10.5 Å². The van der Waals surface area contributed by atoms with E-state index >= 15 is 0 Å². The Labute approximate surface area is 102 Å². The molecule has 0 bridgehead atoms. The van der Waals surface area contributed by atoms with Crippen LogP contribution >= 0.6 is 15.9 Å². The number of ketones is 1. The average Bonchev–Trinajstić information content (AvgIpc) is 2.16. The Balaban J connectivity index is 2.77. The normalized spacial score (nSPS) is 11.1. The minimum Gasteiger partial charge on any atom is -0.428 e. The molecule has 0 N–H and O–H groups in total. The van der Waals surface area contributed by atoms with Gasteiger partial charge in [-0.1, -0.05) is 22.0 Å². The number of carbonyl (C=O) groups excluding carboxylic acids is 2. The molecule has 0 aliphatic heterocycles. The number of hydrogen-bond acceptors (Lipinski definition) is 3. The molecule has 0 saturated carbocycles. The standard InChI is InChI=1S/C12H11BrO3/c1-8(14)6-9(2)16-12(15)10-4-3-5-11(13)7-10/h3-7H,1-2H3/b9-6+. The van der Waals surface area contributed by atoms with Gasteiger partial charge in [0.25, 0.3) is 0 Å². The average molecular weight is 283 g/mol. The summed E-state index contributed by atoms with van der Waals surface area (Å²) in [6.07, 6.45) is 1.27. The van der Waals surface area contributed by atoms with Gasteiger partial charge in [-0.15, -0.1) is 0 Å². The van der Waals surface area contributed by atoms with Gasteiger partial charge in [0.2, 0.25) is 0 Å². The summed E-state index contributed by atoms with van der Waals surface area (Å²) in [5, 5.41) is 0. The van der Waals surface area contributed by atoms with Gasteiger partial charge >= 0.3 is 5.97 Å². The smallest absolute Gasteiger partial charge is 0.343 e. The Hall–Kier alpha value is -1.42. The van der Waals surface area contributed by atoms with Crippen molar-refractivity contribution in [3.63, 3.8) is 0 Å². The molecule has 0 aliphatic rings. The molecule has 84 valence electrons. The molecule has 0 aliphatic carbocycles. The second kappa shape index (κ2) is 5.61. The number of esters is 1. The molecule has 0 spiro atoms. The van der Waals surface area contributed by atoms with Gasteiger partial charge in [-0.25, -0.2) is 4.79 Å². The Morgan fingerprint density at radius 2 is 2.00 bits per heavy atom. The van der Waals surface area contributed by atoms with Crippen molar-refractivity contribution in [1.29, 1.82) is 0 Å². The van der Waals surface area contributed by atoms with Crippen molar-refractivity contribution in [3.05, 3.63) is 46.1 Å². The zero-order chi connectivity index (χ0) is 12.1. The van der Waals surface area contributed by atoms with Crippen LogP contribution in [0.2, 0.25) is 0 Å². The summed E-state index contributed by atoms with van der Waals surface area (Å²) in [5.41, 5.74) is 0.436. The molecule has 0 saturated heterocycles. The van der Waals surface area contributed by atoms with Crippen molar-refractivity contribution >= 4 is 27.7 Å². The van der Waals surface area contributed by atoms with Crippen LogP contribution in [-0.4, -0.2) is 11.8 Å². The van der Waals surface area contributed by atoms with Crippen molar-refractivity contribution in [2.24, 2.45) is 0 Å². The molecule has 0 heterocycles.